The van der Waals surface area contributed by atoms with Crippen LogP contribution in [0.2, 0.25) is 5.02 Å². The van der Waals surface area contributed by atoms with Crippen molar-refractivity contribution < 1.29 is 33.6 Å². The maximum absolute atomic E-state index is 12.1. The van der Waals surface area contributed by atoms with E-state index in [0.717, 1.165) is 96.9 Å². The molecule has 3 aromatic carbocycles. The molecule has 7 rings (SSSR count). The number of aromatic nitrogens is 1. The van der Waals surface area contributed by atoms with Crippen LogP contribution < -0.4 is 14.2 Å². The number of carboxylic acids is 1. The number of fused-ring (bicyclic) bond motifs is 2. The van der Waals surface area contributed by atoms with Gasteiger partial charge < -0.3 is 28.8 Å². The van der Waals surface area contributed by atoms with Gasteiger partial charge in [0.2, 0.25) is 0 Å². The number of ether oxygens (including phenoxy) is 5. The second-order valence-corrected chi connectivity index (χ2v) is 15.2. The number of rotatable bonds is 15. The summed E-state index contributed by atoms with van der Waals surface area (Å²) < 4.78 is 30.6. The number of nitrogens with zero attached hydrogens (tertiary/aromatic N) is 4. The maximum atomic E-state index is 12.1. The molecule has 0 saturated carbocycles. The van der Waals surface area contributed by atoms with Crippen molar-refractivity contribution in [1.29, 1.82) is 5.26 Å². The molecule has 0 radical (unpaired) electrons. The molecule has 3 saturated heterocycles. The fourth-order valence-electron chi connectivity index (χ4n) is 8.01. The van der Waals surface area contributed by atoms with Crippen molar-refractivity contribution in [3.63, 3.8) is 0 Å². The van der Waals surface area contributed by atoms with Crippen molar-refractivity contribution in [2.75, 3.05) is 46.1 Å². The highest BCUT2D eigenvalue weighted by Crippen LogP contribution is 2.37. The van der Waals surface area contributed by atoms with Gasteiger partial charge in [0.05, 0.1) is 55.7 Å². The predicted octanol–water partition coefficient (Wildman–Crippen LogP) is 7.36. The monoisotopic (exact) mass is 780 g/mol. The number of halogens is 1. The second kappa shape index (κ2) is 18.5. The lowest BCUT2D eigenvalue weighted by Crippen LogP contribution is -2.59. The minimum absolute atomic E-state index is 0.159. The third-order valence-corrected chi connectivity index (χ3v) is 11.4. The number of pyridine rings is 1. The van der Waals surface area contributed by atoms with Crippen molar-refractivity contribution in [3.05, 3.63) is 105 Å². The van der Waals surface area contributed by atoms with Gasteiger partial charge in [-0.15, -0.1) is 0 Å². The summed E-state index contributed by atoms with van der Waals surface area (Å²) in [5, 5.41) is 19.7. The van der Waals surface area contributed by atoms with Crippen LogP contribution >= 0.6 is 11.6 Å². The van der Waals surface area contributed by atoms with Crippen LogP contribution in [0.4, 0.5) is 0 Å². The van der Waals surface area contributed by atoms with Gasteiger partial charge in [0, 0.05) is 42.7 Å². The van der Waals surface area contributed by atoms with Crippen LogP contribution in [-0.2, 0) is 34.0 Å². The molecule has 0 unspecified atom stereocenters. The second-order valence-electron chi connectivity index (χ2n) is 14.8. The van der Waals surface area contributed by atoms with E-state index in [1.165, 1.54) is 6.20 Å². The summed E-state index contributed by atoms with van der Waals surface area (Å²) in [5.74, 6) is 1.03. The first kappa shape index (κ1) is 39.5. The number of hydrogen-bond acceptors (Lipinski definition) is 10. The molecule has 4 aromatic rings. The van der Waals surface area contributed by atoms with Gasteiger partial charge in [-0.25, -0.2) is 0 Å². The van der Waals surface area contributed by atoms with Crippen LogP contribution in [0.1, 0.15) is 59.1 Å². The smallest absolute Gasteiger partial charge is 0.320 e. The van der Waals surface area contributed by atoms with E-state index in [2.05, 4.69) is 48.0 Å². The van der Waals surface area contributed by atoms with Crippen molar-refractivity contribution in [2.45, 2.75) is 77.4 Å². The first-order chi connectivity index (χ1) is 27.3. The molecule has 1 aromatic heterocycles. The lowest BCUT2D eigenvalue weighted by atomic mass is 9.93. The van der Waals surface area contributed by atoms with E-state index >= 15 is 0 Å². The first-order valence-electron chi connectivity index (χ1n) is 19.4. The van der Waals surface area contributed by atoms with Gasteiger partial charge in [-0.2, -0.15) is 5.26 Å². The Morgan fingerprint density at radius 2 is 1.62 bits per heavy atom. The Bertz CT molecular complexity index is 2030. The van der Waals surface area contributed by atoms with Crippen LogP contribution in [-0.4, -0.2) is 90.1 Å². The average Bonchev–Trinajstić information content (AvgIpc) is 3.20. The van der Waals surface area contributed by atoms with E-state index in [4.69, 9.17) is 35.3 Å². The van der Waals surface area contributed by atoms with Gasteiger partial charge in [0.15, 0.2) is 0 Å². The Hall–Kier alpha value is -4.70. The predicted molar refractivity (Wildman–Crippen MR) is 212 cm³/mol. The molecule has 294 valence electrons. The van der Waals surface area contributed by atoms with Gasteiger partial charge in [0.1, 0.15) is 42.6 Å². The highest BCUT2D eigenvalue weighted by molar-refractivity contribution is 6.32. The number of morpholine rings is 2. The summed E-state index contributed by atoms with van der Waals surface area (Å²) in [6.45, 7) is 10.1. The van der Waals surface area contributed by atoms with Crippen molar-refractivity contribution >= 4 is 17.6 Å². The van der Waals surface area contributed by atoms with Crippen LogP contribution in [0.5, 0.6) is 17.2 Å². The fourth-order valence-corrected chi connectivity index (χ4v) is 8.25. The summed E-state index contributed by atoms with van der Waals surface area (Å²) in [7, 11) is 0. The summed E-state index contributed by atoms with van der Waals surface area (Å²) in [5.41, 5.74) is 7.32. The lowest BCUT2D eigenvalue weighted by molar-refractivity contribution is -0.144. The molecule has 12 heteroatoms. The van der Waals surface area contributed by atoms with E-state index in [0.29, 0.717) is 60.3 Å². The number of aliphatic carboxylic acids is 1. The number of piperidine rings is 1. The molecule has 1 N–H and O–H groups in total. The van der Waals surface area contributed by atoms with E-state index in [-0.39, 0.29) is 13.2 Å². The maximum Gasteiger partial charge on any atom is 0.320 e. The minimum Gasteiger partial charge on any atom is -0.493 e. The quantitative estimate of drug-likeness (QED) is 0.122. The highest BCUT2D eigenvalue weighted by atomic mass is 35.5. The molecule has 56 heavy (non-hydrogen) atoms. The van der Waals surface area contributed by atoms with Crippen LogP contribution in [0.25, 0.3) is 11.1 Å². The topological polar surface area (TPSA) is 127 Å². The fraction of sp³-hybridized carbons (Fsp3) is 0.432. The molecule has 2 bridgehead atoms. The summed E-state index contributed by atoms with van der Waals surface area (Å²) in [6.07, 6.45) is 6.47. The number of benzene rings is 3. The van der Waals surface area contributed by atoms with Crippen LogP contribution in [0.3, 0.4) is 0 Å². The zero-order valence-corrected chi connectivity index (χ0v) is 32.8. The molecule has 3 fully saturated rings. The largest absolute Gasteiger partial charge is 0.493 e. The number of carbonyl (C=O) groups is 1. The Kier molecular flexibility index (Phi) is 13.1. The van der Waals surface area contributed by atoms with Gasteiger partial charge in [-0.05, 0) is 85.7 Å². The van der Waals surface area contributed by atoms with E-state index in [1.54, 1.807) is 18.3 Å². The van der Waals surface area contributed by atoms with Crippen molar-refractivity contribution in [3.8, 4) is 34.4 Å². The third kappa shape index (κ3) is 9.28. The first-order valence-corrected chi connectivity index (χ1v) is 19.8. The standard InChI is InChI=1S/C44H49ClN4O7/c1-29-33(8-5-9-37(29)38-10-6-12-41(30(38)2)54-15-7-14-49-35-25-52-27-36(49)28-53-26-35)24-56-43-18-42(55-23-32-16-31(19-46)20-47-21-32)34(17-39(43)45)22-48-13-4-3-11-40(48)44(50)51/h5-6,8-10,12,16-18,20-21,35-36,40H,3-4,7,11,13-15,22-28H2,1-2H3,(H,50,51)/t35?,36?,40-/m0/s1. The molecule has 0 amide bonds. The SMILES string of the molecule is Cc1c(COc2cc(OCc3cncc(C#N)c3)c(CN3CCCC[C@H]3C(=O)O)cc2Cl)cccc1-c1cccc(OCCCN2C3COCC2COC3)c1C. The third-order valence-electron chi connectivity index (χ3n) is 11.1. The zero-order valence-electron chi connectivity index (χ0n) is 32.0. The summed E-state index contributed by atoms with van der Waals surface area (Å²) >= 11 is 6.88. The van der Waals surface area contributed by atoms with Crippen molar-refractivity contribution in [2.24, 2.45) is 0 Å². The molecule has 3 aliphatic heterocycles. The molecule has 1 atom stereocenters. The Labute approximate surface area is 333 Å². The molecular weight excluding hydrogens is 732 g/mol. The molecule has 11 nitrogen and oxygen atoms in total. The molecule has 4 heterocycles. The lowest BCUT2D eigenvalue weighted by Gasteiger charge is -2.45. The summed E-state index contributed by atoms with van der Waals surface area (Å²) in [4.78, 5) is 20.7. The number of nitriles is 1. The van der Waals surface area contributed by atoms with Gasteiger partial charge in [-0.3, -0.25) is 19.6 Å². The number of carboxylic acid groups (broad SMARTS) is 1. The van der Waals surface area contributed by atoms with E-state index in [9.17, 15) is 15.2 Å². The van der Waals surface area contributed by atoms with Crippen LogP contribution in [0.15, 0.2) is 67.0 Å². The number of likely N-dealkylation sites (tertiary alicyclic amines) is 1. The summed E-state index contributed by atoms with van der Waals surface area (Å²) in [6, 6.07) is 19.9. The molecule has 3 aliphatic rings. The molecule has 0 spiro atoms. The molecule has 0 aliphatic carbocycles. The number of hydrogen-bond donors (Lipinski definition) is 1. The van der Waals surface area contributed by atoms with E-state index in [1.807, 2.05) is 29.2 Å². The Morgan fingerprint density at radius 1 is 0.893 bits per heavy atom. The Balaban J connectivity index is 1.05. The van der Waals surface area contributed by atoms with Gasteiger partial charge >= 0.3 is 5.97 Å². The normalized spacial score (nSPS) is 19.9. The van der Waals surface area contributed by atoms with Crippen molar-refractivity contribution in [1.82, 2.24) is 14.8 Å². The van der Waals surface area contributed by atoms with Gasteiger partial charge in [0.25, 0.3) is 0 Å². The zero-order chi connectivity index (χ0) is 39.0. The minimum atomic E-state index is -0.831. The average molecular weight is 781 g/mol. The van der Waals surface area contributed by atoms with E-state index < -0.39 is 12.0 Å². The molecular formula is C44H49ClN4O7. The Morgan fingerprint density at radius 3 is 2.38 bits per heavy atom. The highest BCUT2D eigenvalue weighted by Gasteiger charge is 2.35. The van der Waals surface area contributed by atoms with Gasteiger partial charge in [-0.1, -0.05) is 48.4 Å². The van der Waals surface area contributed by atoms with Crippen LogP contribution in [0, 0.1) is 25.2 Å².